The Morgan fingerprint density at radius 2 is 1.88 bits per heavy atom. The van der Waals surface area contributed by atoms with Crippen molar-refractivity contribution in [3.05, 3.63) is 34.7 Å². The summed E-state index contributed by atoms with van der Waals surface area (Å²) in [6.07, 6.45) is 9.09. The minimum Gasteiger partial charge on any atom is -0.457 e. The molecule has 0 spiro atoms. The Labute approximate surface area is 191 Å². The maximum atomic E-state index is 12.8. The quantitative estimate of drug-likeness (QED) is 0.315. The van der Waals surface area contributed by atoms with Crippen molar-refractivity contribution in [2.45, 2.75) is 72.3 Å². The largest absolute Gasteiger partial charge is 0.457 e. The summed E-state index contributed by atoms with van der Waals surface area (Å²) in [5, 5.41) is 0. The zero-order chi connectivity index (χ0) is 23.3. The van der Waals surface area contributed by atoms with E-state index in [2.05, 4.69) is 10.6 Å². The molecule has 32 heavy (non-hydrogen) atoms. The molecule has 1 aliphatic heterocycles. The van der Waals surface area contributed by atoms with Gasteiger partial charge in [0.25, 0.3) is 0 Å². The SMILES string of the molecule is CCS(=O)(=O)N1CCC(C(=O)OCC(=O)c2cc(C)n(CCC3=CCCCC3)c2C)CC1. The lowest BCUT2D eigenvalue weighted by Gasteiger charge is -2.29. The van der Waals surface area contributed by atoms with Crippen LogP contribution in [-0.4, -0.2) is 54.5 Å². The molecule has 1 aliphatic carbocycles. The molecule has 1 fully saturated rings. The second-order valence-electron chi connectivity index (χ2n) is 8.90. The summed E-state index contributed by atoms with van der Waals surface area (Å²) in [7, 11) is -3.23. The average Bonchev–Trinajstić information content (AvgIpc) is 3.09. The number of carbonyl (C=O) groups excluding carboxylic acids is 2. The van der Waals surface area contributed by atoms with Crippen molar-refractivity contribution in [3.63, 3.8) is 0 Å². The molecule has 0 bridgehead atoms. The Kier molecular flexibility index (Phi) is 8.33. The molecule has 7 nitrogen and oxygen atoms in total. The van der Waals surface area contributed by atoms with Gasteiger partial charge in [0.2, 0.25) is 15.8 Å². The maximum absolute atomic E-state index is 12.8. The third-order valence-corrected chi connectivity index (χ3v) is 8.69. The van der Waals surface area contributed by atoms with Crippen molar-refractivity contribution in [2.24, 2.45) is 5.92 Å². The molecular formula is C24H36N2O5S. The number of rotatable bonds is 9. The molecule has 0 aromatic carbocycles. The minimum atomic E-state index is -3.23. The number of hydrogen-bond donors (Lipinski definition) is 0. The predicted octanol–water partition coefficient (Wildman–Crippen LogP) is 3.78. The first kappa shape index (κ1) is 24.7. The highest BCUT2D eigenvalue weighted by atomic mass is 32.2. The van der Waals surface area contributed by atoms with Gasteiger partial charge in [0, 0.05) is 36.6 Å². The summed E-state index contributed by atoms with van der Waals surface area (Å²) >= 11 is 0. The van der Waals surface area contributed by atoms with Gasteiger partial charge < -0.3 is 9.30 Å². The summed E-state index contributed by atoms with van der Waals surface area (Å²) in [5.41, 5.74) is 4.07. The second-order valence-corrected chi connectivity index (χ2v) is 11.2. The molecule has 0 radical (unpaired) electrons. The van der Waals surface area contributed by atoms with Crippen LogP contribution in [0.5, 0.6) is 0 Å². The van der Waals surface area contributed by atoms with Crippen LogP contribution in [0, 0.1) is 19.8 Å². The molecule has 1 aromatic heterocycles. The van der Waals surface area contributed by atoms with Gasteiger partial charge in [0.15, 0.2) is 6.61 Å². The van der Waals surface area contributed by atoms with E-state index in [0.717, 1.165) is 24.4 Å². The van der Waals surface area contributed by atoms with Crippen molar-refractivity contribution in [1.82, 2.24) is 8.87 Å². The van der Waals surface area contributed by atoms with E-state index in [4.69, 9.17) is 4.74 Å². The normalized spacial score (nSPS) is 18.4. The van der Waals surface area contributed by atoms with E-state index in [1.54, 1.807) is 6.92 Å². The minimum absolute atomic E-state index is 0.0621. The van der Waals surface area contributed by atoms with Crippen molar-refractivity contribution in [3.8, 4) is 0 Å². The highest BCUT2D eigenvalue weighted by Crippen LogP contribution is 2.24. The number of ketones is 1. The number of sulfonamides is 1. The van der Waals surface area contributed by atoms with Gasteiger partial charge in [-0.1, -0.05) is 11.6 Å². The van der Waals surface area contributed by atoms with Crippen LogP contribution in [-0.2, 0) is 26.1 Å². The van der Waals surface area contributed by atoms with Crippen molar-refractivity contribution < 1.29 is 22.7 Å². The lowest BCUT2D eigenvalue weighted by molar-refractivity contribution is -0.148. The summed E-state index contributed by atoms with van der Waals surface area (Å²) < 4.78 is 32.9. The number of esters is 1. The second kappa shape index (κ2) is 10.8. The van der Waals surface area contributed by atoms with Crippen LogP contribution in [0.2, 0.25) is 0 Å². The molecule has 0 amide bonds. The van der Waals surface area contributed by atoms with Crippen molar-refractivity contribution in [1.29, 1.82) is 0 Å². The lowest BCUT2D eigenvalue weighted by Crippen LogP contribution is -2.41. The fraction of sp³-hybridized carbons (Fsp3) is 0.667. The van der Waals surface area contributed by atoms with Crippen LogP contribution < -0.4 is 0 Å². The highest BCUT2D eigenvalue weighted by molar-refractivity contribution is 7.89. The summed E-state index contributed by atoms with van der Waals surface area (Å²) in [6, 6.07) is 1.88. The molecular weight excluding hydrogens is 428 g/mol. The summed E-state index contributed by atoms with van der Waals surface area (Å²) in [6.45, 7) is 6.79. The number of hydrogen-bond acceptors (Lipinski definition) is 5. The van der Waals surface area contributed by atoms with Crippen molar-refractivity contribution in [2.75, 3.05) is 25.4 Å². The monoisotopic (exact) mass is 464 g/mol. The van der Waals surface area contributed by atoms with Crippen LogP contribution in [0.3, 0.4) is 0 Å². The first-order valence-corrected chi connectivity index (χ1v) is 13.4. The molecule has 178 valence electrons. The molecule has 2 heterocycles. The van der Waals surface area contributed by atoms with E-state index in [0.29, 0.717) is 31.5 Å². The number of piperidine rings is 1. The van der Waals surface area contributed by atoms with E-state index in [1.807, 2.05) is 19.9 Å². The fourth-order valence-corrected chi connectivity index (χ4v) is 5.83. The van der Waals surface area contributed by atoms with Gasteiger partial charge in [-0.3, -0.25) is 9.59 Å². The Hall–Kier alpha value is -1.93. The summed E-state index contributed by atoms with van der Waals surface area (Å²) in [4.78, 5) is 25.2. The molecule has 1 saturated heterocycles. The van der Waals surface area contributed by atoms with Gasteiger partial charge >= 0.3 is 5.97 Å². The lowest BCUT2D eigenvalue weighted by atomic mass is 9.97. The Balaban J connectivity index is 1.51. The van der Waals surface area contributed by atoms with Crippen LogP contribution in [0.25, 0.3) is 0 Å². The molecule has 1 aromatic rings. The van der Waals surface area contributed by atoms with Gasteiger partial charge in [0.05, 0.1) is 11.7 Å². The maximum Gasteiger partial charge on any atom is 0.309 e. The van der Waals surface area contributed by atoms with Gasteiger partial charge in [-0.2, -0.15) is 0 Å². The number of aryl methyl sites for hydroxylation is 1. The Morgan fingerprint density at radius 3 is 2.50 bits per heavy atom. The zero-order valence-electron chi connectivity index (χ0n) is 19.6. The molecule has 0 N–H and O–H groups in total. The van der Waals surface area contributed by atoms with Gasteiger partial charge in [0.1, 0.15) is 0 Å². The smallest absolute Gasteiger partial charge is 0.309 e. The van der Waals surface area contributed by atoms with Crippen LogP contribution in [0.4, 0.5) is 0 Å². The topological polar surface area (TPSA) is 85.7 Å². The zero-order valence-corrected chi connectivity index (χ0v) is 20.4. The standard InChI is InChI=1S/C24H36N2O5S/c1-4-32(29,30)25-13-11-21(12-14-25)24(28)31-17-23(27)22-16-18(2)26(19(22)3)15-10-20-8-6-5-7-9-20/h8,16,21H,4-7,9-15,17H2,1-3H3. The number of ether oxygens (including phenoxy) is 1. The number of aromatic nitrogens is 1. The fourth-order valence-electron chi connectivity index (χ4n) is 4.70. The highest BCUT2D eigenvalue weighted by Gasteiger charge is 2.31. The third-order valence-electron chi connectivity index (χ3n) is 6.81. The molecule has 3 rings (SSSR count). The summed E-state index contributed by atoms with van der Waals surface area (Å²) in [5.74, 6) is -0.903. The van der Waals surface area contributed by atoms with Crippen molar-refractivity contribution >= 4 is 21.8 Å². The molecule has 8 heteroatoms. The first-order chi connectivity index (χ1) is 15.2. The predicted molar refractivity (Wildman–Crippen MR) is 124 cm³/mol. The number of carbonyl (C=O) groups is 2. The molecule has 0 unspecified atom stereocenters. The van der Waals surface area contributed by atoms with Crippen LogP contribution in [0.1, 0.15) is 73.6 Å². The molecule has 0 atom stereocenters. The Bertz CT molecular complexity index is 969. The van der Waals surface area contributed by atoms with E-state index >= 15 is 0 Å². The van der Waals surface area contributed by atoms with Gasteiger partial charge in [-0.15, -0.1) is 0 Å². The molecule has 2 aliphatic rings. The number of Topliss-reactive ketones (excluding diaryl/α,β-unsaturated/α-hetero) is 1. The average molecular weight is 465 g/mol. The number of nitrogens with zero attached hydrogens (tertiary/aromatic N) is 2. The number of allylic oxidation sites excluding steroid dienone is 2. The van der Waals surface area contributed by atoms with E-state index < -0.39 is 16.0 Å². The van der Waals surface area contributed by atoms with Gasteiger partial charge in [-0.05, 0) is 71.8 Å². The van der Waals surface area contributed by atoms with E-state index in [9.17, 15) is 18.0 Å². The Morgan fingerprint density at radius 1 is 1.16 bits per heavy atom. The first-order valence-electron chi connectivity index (χ1n) is 11.7. The third kappa shape index (κ3) is 5.90. The van der Waals surface area contributed by atoms with E-state index in [-0.39, 0.29) is 24.1 Å². The van der Waals surface area contributed by atoms with Gasteiger partial charge in [-0.25, -0.2) is 12.7 Å². The van der Waals surface area contributed by atoms with Crippen LogP contribution >= 0.6 is 0 Å². The van der Waals surface area contributed by atoms with E-state index in [1.165, 1.54) is 35.6 Å². The molecule has 0 saturated carbocycles. The van der Waals surface area contributed by atoms with Crippen LogP contribution in [0.15, 0.2) is 17.7 Å².